The van der Waals surface area contributed by atoms with E-state index in [1.54, 1.807) is 11.3 Å². The van der Waals surface area contributed by atoms with Crippen molar-refractivity contribution >= 4 is 11.3 Å². The first kappa shape index (κ1) is 15.2. The van der Waals surface area contributed by atoms with Crippen molar-refractivity contribution in [1.29, 1.82) is 5.26 Å². The average molecular weight is 265 g/mol. The summed E-state index contributed by atoms with van der Waals surface area (Å²) >= 11 is 1.57. The van der Waals surface area contributed by atoms with Crippen LogP contribution in [0.4, 0.5) is 0 Å². The Morgan fingerprint density at radius 1 is 1.39 bits per heavy atom. The number of nitrogens with zero attached hydrogens (tertiary/aromatic N) is 2. The van der Waals surface area contributed by atoms with E-state index in [9.17, 15) is 0 Å². The van der Waals surface area contributed by atoms with Gasteiger partial charge in [0.25, 0.3) is 0 Å². The second kappa shape index (κ2) is 7.52. The molecule has 0 aromatic carbocycles. The highest BCUT2D eigenvalue weighted by atomic mass is 32.1. The van der Waals surface area contributed by atoms with Gasteiger partial charge in [-0.25, -0.2) is 0 Å². The van der Waals surface area contributed by atoms with E-state index in [1.807, 2.05) is 12.1 Å². The van der Waals surface area contributed by atoms with Gasteiger partial charge in [0.1, 0.15) is 10.9 Å². The van der Waals surface area contributed by atoms with Crippen LogP contribution in [0.1, 0.15) is 30.0 Å². The summed E-state index contributed by atoms with van der Waals surface area (Å²) in [4.78, 5) is 4.30. The number of rotatable bonds is 7. The molecule has 3 nitrogen and oxygen atoms in total. The van der Waals surface area contributed by atoms with Gasteiger partial charge in [-0.05, 0) is 38.6 Å². The van der Waals surface area contributed by atoms with Crippen LogP contribution in [0.25, 0.3) is 0 Å². The summed E-state index contributed by atoms with van der Waals surface area (Å²) in [6.07, 6.45) is 1.20. The van der Waals surface area contributed by atoms with E-state index in [0.717, 1.165) is 18.0 Å². The Morgan fingerprint density at radius 3 is 2.61 bits per heavy atom. The molecule has 0 amide bonds. The van der Waals surface area contributed by atoms with E-state index >= 15 is 0 Å². The second-order valence-corrected chi connectivity index (χ2v) is 6.42. The van der Waals surface area contributed by atoms with E-state index < -0.39 is 0 Å². The third kappa shape index (κ3) is 5.18. The molecule has 4 heteroatoms. The lowest BCUT2D eigenvalue weighted by atomic mass is 10.0. The maximum Gasteiger partial charge on any atom is 0.110 e. The highest BCUT2D eigenvalue weighted by Gasteiger charge is 2.12. The standard InChI is InChI=1S/C14H23N3S/c1-11(2)7-12(17(3)4)9-16-10-14-6-5-13(8-15)18-14/h5-6,11-12,16H,7,9-10H2,1-4H3. The first-order chi connectivity index (χ1) is 8.52. The van der Waals surface area contributed by atoms with Gasteiger partial charge in [0.15, 0.2) is 0 Å². The van der Waals surface area contributed by atoms with Crippen molar-refractivity contribution in [3.8, 4) is 6.07 Å². The molecule has 1 atom stereocenters. The SMILES string of the molecule is CC(C)CC(CNCc1ccc(C#N)s1)N(C)C. The second-order valence-electron chi connectivity index (χ2n) is 5.26. The molecule has 0 aliphatic heterocycles. The van der Waals surface area contributed by atoms with E-state index in [4.69, 9.17) is 5.26 Å². The lowest BCUT2D eigenvalue weighted by molar-refractivity contribution is 0.247. The summed E-state index contributed by atoms with van der Waals surface area (Å²) in [6, 6.07) is 6.66. The van der Waals surface area contributed by atoms with Crippen molar-refractivity contribution in [3.05, 3.63) is 21.9 Å². The quantitative estimate of drug-likeness (QED) is 0.824. The normalized spacial score (nSPS) is 12.9. The van der Waals surface area contributed by atoms with E-state index in [1.165, 1.54) is 11.3 Å². The smallest absolute Gasteiger partial charge is 0.110 e. The Morgan fingerprint density at radius 2 is 2.11 bits per heavy atom. The average Bonchev–Trinajstić information content (AvgIpc) is 2.75. The van der Waals surface area contributed by atoms with Gasteiger partial charge in [0, 0.05) is 24.0 Å². The van der Waals surface area contributed by atoms with Crippen LogP contribution in [-0.2, 0) is 6.54 Å². The molecular weight excluding hydrogens is 242 g/mol. The van der Waals surface area contributed by atoms with Crippen molar-refractivity contribution in [3.63, 3.8) is 0 Å². The molecule has 0 spiro atoms. The molecular formula is C14H23N3S. The molecule has 18 heavy (non-hydrogen) atoms. The van der Waals surface area contributed by atoms with Gasteiger partial charge in [0.05, 0.1) is 0 Å². The Labute approximate surface area is 114 Å². The van der Waals surface area contributed by atoms with E-state index in [0.29, 0.717) is 12.0 Å². The largest absolute Gasteiger partial charge is 0.310 e. The summed E-state index contributed by atoms with van der Waals surface area (Å²) < 4.78 is 0. The lowest BCUT2D eigenvalue weighted by Gasteiger charge is -2.26. The van der Waals surface area contributed by atoms with Gasteiger partial charge < -0.3 is 10.2 Å². The first-order valence-electron chi connectivity index (χ1n) is 6.39. The van der Waals surface area contributed by atoms with E-state index in [-0.39, 0.29) is 0 Å². The number of nitrogens with one attached hydrogen (secondary N) is 1. The Hall–Kier alpha value is -0.890. The minimum absolute atomic E-state index is 0.570. The fourth-order valence-corrected chi connectivity index (χ4v) is 2.69. The third-order valence-corrected chi connectivity index (χ3v) is 3.91. The fraction of sp³-hybridized carbons (Fsp3) is 0.643. The maximum absolute atomic E-state index is 8.77. The number of hydrogen-bond acceptors (Lipinski definition) is 4. The van der Waals surface area contributed by atoms with Gasteiger partial charge in [-0.1, -0.05) is 13.8 Å². The first-order valence-corrected chi connectivity index (χ1v) is 7.20. The van der Waals surface area contributed by atoms with Crippen LogP contribution in [0.15, 0.2) is 12.1 Å². The zero-order chi connectivity index (χ0) is 13.5. The van der Waals surface area contributed by atoms with E-state index in [2.05, 4.69) is 44.2 Å². The monoisotopic (exact) mass is 265 g/mol. The molecule has 1 aromatic heterocycles. The van der Waals surface area contributed by atoms with Crippen molar-refractivity contribution in [1.82, 2.24) is 10.2 Å². The van der Waals surface area contributed by atoms with Gasteiger partial charge in [-0.15, -0.1) is 11.3 Å². The van der Waals surface area contributed by atoms with Crippen LogP contribution < -0.4 is 5.32 Å². The van der Waals surface area contributed by atoms with Crippen LogP contribution in [0.5, 0.6) is 0 Å². The molecule has 0 fully saturated rings. The third-order valence-electron chi connectivity index (χ3n) is 2.92. The lowest BCUT2D eigenvalue weighted by Crippen LogP contribution is -2.38. The minimum atomic E-state index is 0.570. The molecule has 1 aromatic rings. The number of nitriles is 1. The Bertz CT molecular complexity index is 390. The minimum Gasteiger partial charge on any atom is -0.310 e. The molecule has 100 valence electrons. The van der Waals surface area contributed by atoms with Crippen LogP contribution in [0.3, 0.4) is 0 Å². The summed E-state index contributed by atoms with van der Waals surface area (Å²) in [6.45, 7) is 6.36. The molecule has 1 unspecified atom stereocenters. The maximum atomic E-state index is 8.77. The predicted molar refractivity (Wildman–Crippen MR) is 77.7 cm³/mol. The molecule has 0 saturated carbocycles. The fourth-order valence-electron chi connectivity index (χ4n) is 1.92. The number of hydrogen-bond donors (Lipinski definition) is 1. The zero-order valence-electron chi connectivity index (χ0n) is 11.7. The molecule has 1 rings (SSSR count). The highest BCUT2D eigenvalue weighted by molar-refractivity contribution is 7.12. The van der Waals surface area contributed by atoms with Crippen molar-refractivity contribution in [2.75, 3.05) is 20.6 Å². The number of thiophene rings is 1. The van der Waals surface area contributed by atoms with Gasteiger partial charge in [-0.3, -0.25) is 0 Å². The van der Waals surface area contributed by atoms with Gasteiger partial charge >= 0.3 is 0 Å². The predicted octanol–water partition coefficient (Wildman–Crippen LogP) is 2.69. The molecule has 0 aliphatic rings. The topological polar surface area (TPSA) is 39.1 Å². The van der Waals surface area contributed by atoms with Gasteiger partial charge in [0.2, 0.25) is 0 Å². The summed E-state index contributed by atoms with van der Waals surface area (Å²) in [5.41, 5.74) is 0. The summed E-state index contributed by atoms with van der Waals surface area (Å²) in [7, 11) is 4.27. The molecule has 0 radical (unpaired) electrons. The van der Waals surface area contributed by atoms with Crippen LogP contribution >= 0.6 is 11.3 Å². The van der Waals surface area contributed by atoms with Gasteiger partial charge in [-0.2, -0.15) is 5.26 Å². The zero-order valence-corrected chi connectivity index (χ0v) is 12.5. The van der Waals surface area contributed by atoms with Crippen molar-refractivity contribution < 1.29 is 0 Å². The Kier molecular flexibility index (Phi) is 6.34. The molecule has 0 aliphatic carbocycles. The Balaban J connectivity index is 2.36. The molecule has 1 heterocycles. The van der Waals surface area contributed by atoms with Crippen LogP contribution in [0.2, 0.25) is 0 Å². The number of likely N-dealkylation sites (N-methyl/N-ethyl adjacent to an activating group) is 1. The molecule has 1 N–H and O–H groups in total. The van der Waals surface area contributed by atoms with Crippen molar-refractivity contribution in [2.24, 2.45) is 5.92 Å². The van der Waals surface area contributed by atoms with Crippen LogP contribution in [0, 0.1) is 17.2 Å². The molecule has 0 bridgehead atoms. The summed E-state index contributed by atoms with van der Waals surface area (Å²) in [5.74, 6) is 0.714. The van der Waals surface area contributed by atoms with Crippen molar-refractivity contribution in [2.45, 2.75) is 32.9 Å². The summed E-state index contributed by atoms with van der Waals surface area (Å²) in [5, 5.41) is 12.3. The van der Waals surface area contributed by atoms with Crippen LogP contribution in [-0.4, -0.2) is 31.6 Å². The molecule has 0 saturated heterocycles. The highest BCUT2D eigenvalue weighted by Crippen LogP contribution is 2.15.